The van der Waals surface area contributed by atoms with Crippen LogP contribution >= 0.6 is 23.2 Å². The van der Waals surface area contributed by atoms with Gasteiger partial charge in [0.05, 0.1) is 22.3 Å². The van der Waals surface area contributed by atoms with E-state index >= 15 is 0 Å². The van der Waals surface area contributed by atoms with Crippen LogP contribution in [0.2, 0.25) is 10.0 Å². The van der Waals surface area contributed by atoms with E-state index < -0.39 is 0 Å². The Morgan fingerprint density at radius 2 is 1.54 bits per heavy atom. The average molecular weight is 364 g/mol. The summed E-state index contributed by atoms with van der Waals surface area (Å²) in [6.07, 6.45) is 0. The number of carbonyl (C=O) groups excluding carboxylic acids is 1. The fourth-order valence-corrected chi connectivity index (χ4v) is 3.29. The fourth-order valence-electron chi connectivity index (χ4n) is 2.80. The summed E-state index contributed by atoms with van der Waals surface area (Å²) in [5.74, 6) is -0.0989. The van der Waals surface area contributed by atoms with E-state index in [1.54, 1.807) is 18.2 Å². The summed E-state index contributed by atoms with van der Waals surface area (Å²) >= 11 is 12.2. The number of hydrogen-bond acceptors (Lipinski definition) is 3. The number of nitrogens with one attached hydrogen (secondary N) is 1. The molecule has 1 amide bonds. The first-order valence-corrected chi connectivity index (χ1v) is 8.65. The number of rotatable bonds is 4. The zero-order valence-electron chi connectivity index (χ0n) is 13.2. The highest BCUT2D eigenvalue weighted by Gasteiger charge is 2.19. The largest absolute Gasteiger partial charge is 0.369 e. The predicted octanol–water partition coefficient (Wildman–Crippen LogP) is 3.75. The van der Waals surface area contributed by atoms with E-state index in [1.807, 2.05) is 18.2 Å². The van der Waals surface area contributed by atoms with Gasteiger partial charge in [-0.25, -0.2) is 0 Å². The monoisotopic (exact) mass is 363 g/mol. The van der Waals surface area contributed by atoms with Crippen molar-refractivity contribution in [2.45, 2.75) is 0 Å². The molecule has 0 radical (unpaired) electrons. The highest BCUT2D eigenvalue weighted by Crippen LogP contribution is 2.29. The smallest absolute Gasteiger partial charge is 0.238 e. The Kier molecular flexibility index (Phi) is 5.61. The molecule has 0 atom stereocenters. The Bertz CT molecular complexity index is 680. The molecule has 1 fully saturated rings. The van der Waals surface area contributed by atoms with Gasteiger partial charge in [0.2, 0.25) is 5.91 Å². The number of benzene rings is 2. The van der Waals surface area contributed by atoms with Gasteiger partial charge in [0.1, 0.15) is 0 Å². The molecule has 1 saturated heterocycles. The summed E-state index contributed by atoms with van der Waals surface area (Å²) in [5.41, 5.74) is 1.71. The maximum Gasteiger partial charge on any atom is 0.238 e. The lowest BCUT2D eigenvalue weighted by atomic mass is 10.2. The van der Waals surface area contributed by atoms with Gasteiger partial charge in [-0.3, -0.25) is 9.69 Å². The second-order valence-electron chi connectivity index (χ2n) is 5.74. The lowest BCUT2D eigenvalue weighted by Gasteiger charge is -2.35. The number of para-hydroxylation sites is 2. The molecule has 1 N–H and O–H groups in total. The van der Waals surface area contributed by atoms with E-state index in [9.17, 15) is 4.79 Å². The molecule has 0 unspecified atom stereocenters. The van der Waals surface area contributed by atoms with E-state index in [1.165, 1.54) is 5.69 Å². The van der Waals surface area contributed by atoms with E-state index in [-0.39, 0.29) is 5.91 Å². The van der Waals surface area contributed by atoms with Gasteiger partial charge in [0.15, 0.2) is 0 Å². The summed E-state index contributed by atoms with van der Waals surface area (Å²) in [4.78, 5) is 16.7. The van der Waals surface area contributed by atoms with E-state index in [4.69, 9.17) is 23.2 Å². The van der Waals surface area contributed by atoms with Crippen molar-refractivity contribution >= 4 is 40.5 Å². The average Bonchev–Trinajstić information content (AvgIpc) is 2.60. The SMILES string of the molecule is O=C(CN1CCN(c2ccccc2)CC1)Nc1c(Cl)cccc1Cl. The molecule has 0 aromatic heterocycles. The zero-order valence-corrected chi connectivity index (χ0v) is 14.7. The van der Waals surface area contributed by atoms with Crippen LogP contribution < -0.4 is 10.2 Å². The zero-order chi connectivity index (χ0) is 16.9. The van der Waals surface area contributed by atoms with Crippen LogP contribution in [0.4, 0.5) is 11.4 Å². The summed E-state index contributed by atoms with van der Waals surface area (Å²) < 4.78 is 0. The van der Waals surface area contributed by atoms with Crippen molar-refractivity contribution in [3.05, 3.63) is 58.6 Å². The summed E-state index contributed by atoms with van der Waals surface area (Å²) in [7, 11) is 0. The van der Waals surface area contributed by atoms with Gasteiger partial charge < -0.3 is 10.2 Å². The molecule has 1 aliphatic rings. The van der Waals surface area contributed by atoms with Gasteiger partial charge in [-0.1, -0.05) is 47.5 Å². The van der Waals surface area contributed by atoms with Crippen LogP contribution in [0.3, 0.4) is 0 Å². The van der Waals surface area contributed by atoms with Crippen molar-refractivity contribution in [1.82, 2.24) is 4.90 Å². The number of carbonyl (C=O) groups is 1. The molecular weight excluding hydrogens is 345 g/mol. The third-order valence-corrected chi connectivity index (χ3v) is 4.72. The minimum Gasteiger partial charge on any atom is -0.369 e. The fraction of sp³-hybridized carbons (Fsp3) is 0.278. The van der Waals surface area contributed by atoms with Crippen LogP contribution in [0.25, 0.3) is 0 Å². The number of amides is 1. The molecule has 0 spiro atoms. The molecule has 3 rings (SSSR count). The molecule has 0 aliphatic carbocycles. The van der Waals surface area contributed by atoms with Crippen molar-refractivity contribution in [1.29, 1.82) is 0 Å². The lowest BCUT2D eigenvalue weighted by Crippen LogP contribution is -2.48. The van der Waals surface area contributed by atoms with Crippen molar-refractivity contribution in [3.8, 4) is 0 Å². The van der Waals surface area contributed by atoms with Gasteiger partial charge in [0, 0.05) is 31.9 Å². The van der Waals surface area contributed by atoms with E-state index in [0.717, 1.165) is 26.2 Å². The number of nitrogens with zero attached hydrogens (tertiary/aromatic N) is 2. The Hall–Kier alpha value is -1.75. The summed E-state index contributed by atoms with van der Waals surface area (Å²) in [6, 6.07) is 15.5. The molecule has 24 heavy (non-hydrogen) atoms. The van der Waals surface area contributed by atoms with Gasteiger partial charge in [0.25, 0.3) is 0 Å². The molecule has 1 aliphatic heterocycles. The minimum absolute atomic E-state index is 0.0989. The maximum atomic E-state index is 12.3. The second kappa shape index (κ2) is 7.88. The highest BCUT2D eigenvalue weighted by atomic mass is 35.5. The van der Waals surface area contributed by atoms with Crippen LogP contribution in [0.1, 0.15) is 0 Å². The number of piperazine rings is 1. The van der Waals surface area contributed by atoms with Crippen LogP contribution in [-0.4, -0.2) is 43.5 Å². The molecular formula is C18H19Cl2N3O. The normalized spacial score (nSPS) is 15.3. The minimum atomic E-state index is -0.0989. The highest BCUT2D eigenvalue weighted by molar-refractivity contribution is 6.39. The number of anilines is 2. The molecule has 2 aromatic rings. The maximum absolute atomic E-state index is 12.3. The van der Waals surface area contributed by atoms with Crippen molar-refractivity contribution in [2.24, 2.45) is 0 Å². The summed E-state index contributed by atoms with van der Waals surface area (Å²) in [6.45, 7) is 3.84. The number of halogens is 2. The van der Waals surface area contributed by atoms with E-state index in [2.05, 4.69) is 27.2 Å². The quantitative estimate of drug-likeness (QED) is 0.898. The Morgan fingerprint density at radius 3 is 2.17 bits per heavy atom. The van der Waals surface area contributed by atoms with Crippen LogP contribution in [0, 0.1) is 0 Å². The molecule has 126 valence electrons. The van der Waals surface area contributed by atoms with Gasteiger partial charge in [-0.05, 0) is 24.3 Å². The number of hydrogen-bond donors (Lipinski definition) is 1. The molecule has 6 heteroatoms. The molecule has 2 aromatic carbocycles. The molecule has 0 bridgehead atoms. The van der Waals surface area contributed by atoms with Crippen LogP contribution in [0.5, 0.6) is 0 Å². The van der Waals surface area contributed by atoms with Gasteiger partial charge in [-0.15, -0.1) is 0 Å². The van der Waals surface area contributed by atoms with Crippen LogP contribution in [0.15, 0.2) is 48.5 Å². The van der Waals surface area contributed by atoms with Crippen molar-refractivity contribution in [2.75, 3.05) is 42.9 Å². The summed E-state index contributed by atoms with van der Waals surface area (Å²) in [5, 5.41) is 3.71. The van der Waals surface area contributed by atoms with Gasteiger partial charge >= 0.3 is 0 Å². The Labute approximate surface area is 152 Å². The third kappa shape index (κ3) is 4.20. The van der Waals surface area contributed by atoms with Crippen LogP contribution in [-0.2, 0) is 4.79 Å². The Morgan fingerprint density at radius 1 is 0.917 bits per heavy atom. The van der Waals surface area contributed by atoms with Crippen molar-refractivity contribution < 1.29 is 4.79 Å². The van der Waals surface area contributed by atoms with E-state index in [0.29, 0.717) is 22.3 Å². The first-order chi connectivity index (χ1) is 11.6. The lowest BCUT2D eigenvalue weighted by molar-refractivity contribution is -0.117. The molecule has 1 heterocycles. The predicted molar refractivity (Wildman–Crippen MR) is 100 cm³/mol. The topological polar surface area (TPSA) is 35.6 Å². The molecule has 0 saturated carbocycles. The first kappa shape index (κ1) is 17.1. The third-order valence-electron chi connectivity index (χ3n) is 4.09. The molecule has 4 nitrogen and oxygen atoms in total. The standard InChI is InChI=1S/C18H19Cl2N3O/c19-15-7-4-8-16(20)18(15)21-17(24)13-22-9-11-23(12-10-22)14-5-2-1-3-6-14/h1-8H,9-13H2,(H,21,24). The first-order valence-electron chi connectivity index (χ1n) is 7.90. The second-order valence-corrected chi connectivity index (χ2v) is 6.56. The Balaban J connectivity index is 1.52. The van der Waals surface area contributed by atoms with Gasteiger partial charge in [-0.2, -0.15) is 0 Å². The van der Waals surface area contributed by atoms with Crippen molar-refractivity contribution in [3.63, 3.8) is 0 Å².